The second kappa shape index (κ2) is 8.41. The summed E-state index contributed by atoms with van der Waals surface area (Å²) in [7, 11) is -2.46. The first-order valence-electron chi connectivity index (χ1n) is 9.03. The van der Waals surface area contributed by atoms with Gasteiger partial charge in [0, 0.05) is 13.1 Å². The molecule has 0 N–H and O–H groups in total. The average Bonchev–Trinajstić information content (AvgIpc) is 3.21. The molecule has 1 aliphatic heterocycles. The number of carbonyl (C=O) groups excluding carboxylic acids is 1. The summed E-state index contributed by atoms with van der Waals surface area (Å²) >= 11 is 6.21. The molecule has 0 aromatic heterocycles. The maximum atomic E-state index is 13.3. The summed E-state index contributed by atoms with van der Waals surface area (Å²) < 4.78 is 32.9. The van der Waals surface area contributed by atoms with Gasteiger partial charge in [-0.15, -0.1) is 0 Å². The summed E-state index contributed by atoms with van der Waals surface area (Å²) in [6.07, 6.45) is 1.87. The van der Waals surface area contributed by atoms with Crippen LogP contribution in [0.4, 0.5) is 5.69 Å². The molecule has 3 rings (SSSR count). The Morgan fingerprint density at radius 3 is 2.36 bits per heavy atom. The third kappa shape index (κ3) is 4.25. The number of carbonyl (C=O) groups is 1. The van der Waals surface area contributed by atoms with Crippen molar-refractivity contribution in [2.24, 2.45) is 0 Å². The van der Waals surface area contributed by atoms with Gasteiger partial charge in [-0.1, -0.05) is 29.3 Å². The number of nitrogens with zero attached hydrogens (tertiary/aromatic N) is 2. The largest absolute Gasteiger partial charge is 0.495 e. The molecule has 1 aliphatic rings. The summed E-state index contributed by atoms with van der Waals surface area (Å²) in [5.74, 6) is 0.212. The first-order chi connectivity index (χ1) is 13.3. The van der Waals surface area contributed by atoms with Crippen molar-refractivity contribution in [1.82, 2.24) is 4.90 Å². The minimum Gasteiger partial charge on any atom is -0.495 e. The zero-order chi connectivity index (χ0) is 20.3. The fourth-order valence-electron chi connectivity index (χ4n) is 3.15. The van der Waals surface area contributed by atoms with Crippen LogP contribution >= 0.6 is 11.6 Å². The van der Waals surface area contributed by atoms with Crippen molar-refractivity contribution >= 4 is 33.2 Å². The highest BCUT2D eigenvalue weighted by atomic mass is 35.5. The van der Waals surface area contributed by atoms with Crippen LogP contribution in [-0.2, 0) is 14.8 Å². The van der Waals surface area contributed by atoms with E-state index in [2.05, 4.69) is 0 Å². The summed E-state index contributed by atoms with van der Waals surface area (Å²) in [6, 6.07) is 11.2. The number of sulfonamides is 1. The number of likely N-dealkylation sites (tertiary alicyclic amines) is 1. The van der Waals surface area contributed by atoms with E-state index in [0.717, 1.165) is 22.7 Å². The van der Waals surface area contributed by atoms with Crippen molar-refractivity contribution < 1.29 is 17.9 Å². The van der Waals surface area contributed by atoms with Gasteiger partial charge in [0.15, 0.2) is 0 Å². The predicted octanol–water partition coefficient (Wildman–Crippen LogP) is 3.47. The van der Waals surface area contributed by atoms with Crippen LogP contribution in [-0.4, -0.2) is 46.0 Å². The number of hydrogen-bond acceptors (Lipinski definition) is 4. The van der Waals surface area contributed by atoms with E-state index in [4.69, 9.17) is 16.3 Å². The van der Waals surface area contributed by atoms with Crippen LogP contribution in [0.5, 0.6) is 5.75 Å². The Morgan fingerprint density at radius 1 is 1.14 bits per heavy atom. The van der Waals surface area contributed by atoms with Gasteiger partial charge in [-0.25, -0.2) is 8.42 Å². The quantitative estimate of drug-likeness (QED) is 0.714. The molecule has 28 heavy (non-hydrogen) atoms. The topological polar surface area (TPSA) is 66.9 Å². The molecular weight excluding hydrogens is 400 g/mol. The van der Waals surface area contributed by atoms with Crippen molar-refractivity contribution in [1.29, 1.82) is 0 Å². The number of hydrogen-bond donors (Lipinski definition) is 0. The van der Waals surface area contributed by atoms with E-state index >= 15 is 0 Å². The lowest BCUT2D eigenvalue weighted by Crippen LogP contribution is -2.42. The molecule has 6 nitrogen and oxygen atoms in total. The molecule has 2 aromatic carbocycles. The van der Waals surface area contributed by atoms with E-state index in [1.54, 1.807) is 41.3 Å². The Labute approximate surface area is 170 Å². The highest BCUT2D eigenvalue weighted by Crippen LogP contribution is 2.32. The minimum absolute atomic E-state index is 0.124. The zero-order valence-electron chi connectivity index (χ0n) is 15.9. The van der Waals surface area contributed by atoms with Crippen LogP contribution in [0.15, 0.2) is 47.4 Å². The van der Waals surface area contributed by atoms with E-state index in [1.807, 2.05) is 6.92 Å². The second-order valence-corrected chi connectivity index (χ2v) is 9.00. The first-order valence-corrected chi connectivity index (χ1v) is 10.9. The highest BCUT2D eigenvalue weighted by molar-refractivity contribution is 7.92. The third-order valence-electron chi connectivity index (χ3n) is 4.77. The molecule has 1 heterocycles. The lowest BCUT2D eigenvalue weighted by Gasteiger charge is -2.27. The number of benzene rings is 2. The predicted molar refractivity (Wildman–Crippen MR) is 110 cm³/mol. The normalized spacial score (nSPS) is 14.2. The Hall–Kier alpha value is -2.25. The SMILES string of the molecule is COc1ccc(N(CC(=O)N2CCCC2)S(=O)(=O)c2ccc(C)cc2)cc1Cl. The minimum atomic E-state index is -3.95. The molecule has 2 aromatic rings. The van der Waals surface area contributed by atoms with Gasteiger partial charge in [0.05, 0.1) is 22.7 Å². The standard InChI is InChI=1S/C20H23ClN2O4S/c1-15-5-8-17(9-6-15)28(25,26)23(14-20(24)22-11-3-4-12-22)16-7-10-19(27-2)18(21)13-16/h5-10,13H,3-4,11-12,14H2,1-2H3. The van der Waals surface area contributed by atoms with E-state index in [-0.39, 0.29) is 22.4 Å². The van der Waals surface area contributed by atoms with E-state index in [1.165, 1.54) is 13.2 Å². The van der Waals surface area contributed by atoms with Crippen LogP contribution in [0.3, 0.4) is 0 Å². The monoisotopic (exact) mass is 422 g/mol. The molecule has 0 unspecified atom stereocenters. The van der Waals surface area contributed by atoms with Gasteiger partial charge >= 0.3 is 0 Å². The highest BCUT2D eigenvalue weighted by Gasteiger charge is 2.30. The number of anilines is 1. The molecule has 1 fully saturated rings. The third-order valence-corrected chi connectivity index (χ3v) is 6.85. The molecule has 1 saturated heterocycles. The summed E-state index contributed by atoms with van der Waals surface area (Å²) in [6.45, 7) is 2.91. The van der Waals surface area contributed by atoms with E-state index < -0.39 is 10.0 Å². The second-order valence-electron chi connectivity index (χ2n) is 6.73. The van der Waals surface area contributed by atoms with Gasteiger partial charge in [-0.05, 0) is 50.1 Å². The van der Waals surface area contributed by atoms with Crippen LogP contribution in [0.2, 0.25) is 5.02 Å². The fraction of sp³-hybridized carbons (Fsp3) is 0.350. The van der Waals surface area contributed by atoms with Gasteiger partial charge in [0.25, 0.3) is 10.0 Å². The Kier molecular flexibility index (Phi) is 6.15. The molecule has 150 valence electrons. The van der Waals surface area contributed by atoms with Crippen LogP contribution < -0.4 is 9.04 Å². The van der Waals surface area contributed by atoms with Crippen LogP contribution in [0.25, 0.3) is 0 Å². The zero-order valence-corrected chi connectivity index (χ0v) is 17.5. The van der Waals surface area contributed by atoms with Crippen molar-refractivity contribution in [3.05, 3.63) is 53.1 Å². The number of ether oxygens (including phenoxy) is 1. The fourth-order valence-corrected chi connectivity index (χ4v) is 4.81. The summed E-state index contributed by atoms with van der Waals surface area (Å²) in [4.78, 5) is 14.6. The Balaban J connectivity index is 2.01. The molecule has 1 amide bonds. The number of methoxy groups -OCH3 is 1. The van der Waals surface area contributed by atoms with Gasteiger partial charge in [-0.3, -0.25) is 9.10 Å². The van der Waals surface area contributed by atoms with E-state index in [9.17, 15) is 13.2 Å². The molecule has 0 atom stereocenters. The summed E-state index contributed by atoms with van der Waals surface area (Å²) in [5.41, 5.74) is 1.27. The van der Waals surface area contributed by atoms with Gasteiger partial charge < -0.3 is 9.64 Å². The maximum Gasteiger partial charge on any atom is 0.264 e. The van der Waals surface area contributed by atoms with Gasteiger partial charge in [0.2, 0.25) is 5.91 Å². The number of amides is 1. The van der Waals surface area contributed by atoms with Crippen molar-refractivity contribution in [3.8, 4) is 5.75 Å². The smallest absolute Gasteiger partial charge is 0.264 e. The molecule has 0 radical (unpaired) electrons. The molecule has 0 saturated carbocycles. The van der Waals surface area contributed by atoms with Crippen molar-refractivity contribution in [2.45, 2.75) is 24.7 Å². The molecular formula is C20H23ClN2O4S. The van der Waals surface area contributed by atoms with Crippen LogP contribution in [0, 0.1) is 6.92 Å². The average molecular weight is 423 g/mol. The molecule has 0 bridgehead atoms. The number of halogens is 1. The van der Waals surface area contributed by atoms with Gasteiger partial charge in [0.1, 0.15) is 12.3 Å². The van der Waals surface area contributed by atoms with Crippen molar-refractivity contribution in [3.63, 3.8) is 0 Å². The lowest BCUT2D eigenvalue weighted by molar-refractivity contribution is -0.128. The molecule has 0 aliphatic carbocycles. The first kappa shape index (κ1) is 20.5. The van der Waals surface area contributed by atoms with Gasteiger partial charge in [-0.2, -0.15) is 0 Å². The number of aryl methyl sites for hydroxylation is 1. The lowest BCUT2D eigenvalue weighted by atomic mass is 10.2. The van der Waals surface area contributed by atoms with E-state index in [0.29, 0.717) is 24.5 Å². The summed E-state index contributed by atoms with van der Waals surface area (Å²) in [5, 5.41) is 0.276. The Morgan fingerprint density at radius 2 is 1.79 bits per heavy atom. The van der Waals surface area contributed by atoms with Crippen LogP contribution in [0.1, 0.15) is 18.4 Å². The van der Waals surface area contributed by atoms with Crippen molar-refractivity contribution in [2.75, 3.05) is 31.0 Å². The molecule has 8 heteroatoms. The maximum absolute atomic E-state index is 13.3. The number of rotatable bonds is 6. The Bertz CT molecular complexity index is 955. The molecule has 0 spiro atoms.